The molecule has 1 unspecified atom stereocenters. The molecule has 5 heteroatoms. The van der Waals surface area contributed by atoms with Gasteiger partial charge in [0.15, 0.2) is 9.84 Å². The Morgan fingerprint density at radius 1 is 1.44 bits per heavy atom. The molecule has 16 heavy (non-hydrogen) atoms. The number of hydrogen-bond donors (Lipinski definition) is 1. The molecule has 1 heterocycles. The van der Waals surface area contributed by atoms with E-state index in [1.165, 1.54) is 12.1 Å². The van der Waals surface area contributed by atoms with Crippen LogP contribution in [-0.2, 0) is 9.84 Å². The summed E-state index contributed by atoms with van der Waals surface area (Å²) in [7, 11) is -2.89. The summed E-state index contributed by atoms with van der Waals surface area (Å²) >= 11 is 0. The highest BCUT2D eigenvalue weighted by atomic mass is 32.2. The molecule has 0 saturated carbocycles. The van der Waals surface area contributed by atoms with Gasteiger partial charge in [0.2, 0.25) is 0 Å². The maximum atomic E-state index is 13.0. The number of anilines is 1. The molecular weight excluding hydrogens is 229 g/mol. The van der Waals surface area contributed by atoms with Crippen LogP contribution >= 0.6 is 0 Å². The topological polar surface area (TPSA) is 46.2 Å². The van der Waals surface area contributed by atoms with E-state index in [9.17, 15) is 12.8 Å². The van der Waals surface area contributed by atoms with E-state index in [0.717, 1.165) is 5.56 Å². The van der Waals surface area contributed by atoms with Crippen molar-refractivity contribution in [1.82, 2.24) is 0 Å². The lowest BCUT2D eigenvalue weighted by Crippen LogP contribution is -2.21. The van der Waals surface area contributed by atoms with Gasteiger partial charge < -0.3 is 5.32 Å². The van der Waals surface area contributed by atoms with E-state index in [1.807, 2.05) is 6.92 Å². The van der Waals surface area contributed by atoms with Gasteiger partial charge in [-0.1, -0.05) is 6.07 Å². The molecule has 0 amide bonds. The third-order valence-electron chi connectivity index (χ3n) is 2.79. The van der Waals surface area contributed by atoms with Gasteiger partial charge in [0, 0.05) is 11.7 Å². The molecule has 1 fully saturated rings. The van der Waals surface area contributed by atoms with Gasteiger partial charge >= 0.3 is 0 Å². The van der Waals surface area contributed by atoms with Crippen molar-refractivity contribution in [3.63, 3.8) is 0 Å². The highest BCUT2D eigenvalue weighted by molar-refractivity contribution is 7.91. The fraction of sp³-hybridized carbons (Fsp3) is 0.455. The fourth-order valence-corrected chi connectivity index (χ4v) is 3.55. The molecule has 0 bridgehead atoms. The van der Waals surface area contributed by atoms with Crippen LogP contribution in [0.1, 0.15) is 12.0 Å². The van der Waals surface area contributed by atoms with Crippen molar-refractivity contribution in [2.24, 2.45) is 0 Å². The van der Waals surface area contributed by atoms with Gasteiger partial charge in [0.05, 0.1) is 11.5 Å². The number of benzene rings is 1. The van der Waals surface area contributed by atoms with E-state index in [0.29, 0.717) is 12.1 Å². The van der Waals surface area contributed by atoms with Crippen LogP contribution in [0.5, 0.6) is 0 Å². The number of hydrogen-bond acceptors (Lipinski definition) is 3. The lowest BCUT2D eigenvalue weighted by atomic mass is 10.1. The summed E-state index contributed by atoms with van der Waals surface area (Å²) < 4.78 is 35.6. The molecule has 0 aliphatic carbocycles. The minimum Gasteiger partial charge on any atom is -0.381 e. The van der Waals surface area contributed by atoms with Crippen molar-refractivity contribution in [3.8, 4) is 0 Å². The molecule has 88 valence electrons. The van der Waals surface area contributed by atoms with E-state index in [1.54, 1.807) is 6.07 Å². The minimum absolute atomic E-state index is 0.0921. The van der Waals surface area contributed by atoms with Gasteiger partial charge in [-0.3, -0.25) is 0 Å². The molecule has 2 rings (SSSR count). The summed E-state index contributed by atoms with van der Waals surface area (Å²) in [5.41, 5.74) is 1.60. The van der Waals surface area contributed by atoms with Crippen LogP contribution in [0.15, 0.2) is 18.2 Å². The summed E-state index contributed by atoms with van der Waals surface area (Å²) in [6.45, 7) is 1.87. The highest BCUT2D eigenvalue weighted by Crippen LogP contribution is 2.21. The Bertz CT molecular complexity index is 499. The normalized spacial score (nSPS) is 23.2. The molecule has 0 radical (unpaired) electrons. The zero-order chi connectivity index (χ0) is 11.8. The van der Waals surface area contributed by atoms with Crippen LogP contribution in [0.3, 0.4) is 0 Å². The molecule has 0 aromatic heterocycles. The van der Waals surface area contributed by atoms with Crippen LogP contribution in [0.2, 0.25) is 0 Å². The Balaban J connectivity index is 2.13. The summed E-state index contributed by atoms with van der Waals surface area (Å²) in [5, 5.41) is 3.09. The molecule has 3 nitrogen and oxygen atoms in total. The second-order valence-corrected chi connectivity index (χ2v) is 6.43. The van der Waals surface area contributed by atoms with Crippen LogP contribution in [0.4, 0.5) is 10.1 Å². The Morgan fingerprint density at radius 2 is 2.19 bits per heavy atom. The summed E-state index contributed by atoms with van der Waals surface area (Å²) in [4.78, 5) is 0. The SMILES string of the molecule is Cc1ccc(F)cc1NC1CCS(=O)(=O)C1. The lowest BCUT2D eigenvalue weighted by molar-refractivity contribution is 0.602. The van der Waals surface area contributed by atoms with Crippen LogP contribution < -0.4 is 5.32 Å². The zero-order valence-electron chi connectivity index (χ0n) is 9.03. The van der Waals surface area contributed by atoms with Gasteiger partial charge in [-0.15, -0.1) is 0 Å². The number of sulfone groups is 1. The van der Waals surface area contributed by atoms with Gasteiger partial charge in [-0.05, 0) is 31.0 Å². The van der Waals surface area contributed by atoms with Gasteiger partial charge in [-0.25, -0.2) is 12.8 Å². The van der Waals surface area contributed by atoms with Crippen LogP contribution in [0, 0.1) is 12.7 Å². The number of nitrogens with one attached hydrogen (secondary N) is 1. The first-order valence-electron chi connectivity index (χ1n) is 5.19. The van der Waals surface area contributed by atoms with Gasteiger partial charge in [0.25, 0.3) is 0 Å². The minimum atomic E-state index is -2.89. The standard InChI is InChI=1S/C11H14FNO2S/c1-8-2-3-9(12)6-11(8)13-10-4-5-16(14,15)7-10/h2-3,6,10,13H,4-5,7H2,1H3. The molecule has 1 aromatic rings. The molecule has 1 aliphatic rings. The largest absolute Gasteiger partial charge is 0.381 e. The second kappa shape index (κ2) is 4.05. The molecular formula is C11H14FNO2S. The first-order chi connectivity index (χ1) is 7.46. The summed E-state index contributed by atoms with van der Waals surface area (Å²) in [6.07, 6.45) is 0.596. The third kappa shape index (κ3) is 2.52. The zero-order valence-corrected chi connectivity index (χ0v) is 9.85. The van der Waals surface area contributed by atoms with E-state index >= 15 is 0 Å². The Labute approximate surface area is 94.6 Å². The van der Waals surface area contributed by atoms with Crippen molar-refractivity contribution in [2.75, 3.05) is 16.8 Å². The lowest BCUT2D eigenvalue weighted by Gasteiger charge is -2.14. The maximum Gasteiger partial charge on any atom is 0.152 e. The molecule has 0 spiro atoms. The van der Waals surface area contributed by atoms with Crippen molar-refractivity contribution >= 4 is 15.5 Å². The first-order valence-corrected chi connectivity index (χ1v) is 7.01. The maximum absolute atomic E-state index is 13.0. The first kappa shape index (κ1) is 11.4. The fourth-order valence-electron chi connectivity index (χ4n) is 1.88. The molecule has 1 aromatic carbocycles. The Hall–Kier alpha value is -1.10. The average Bonchev–Trinajstić information content (AvgIpc) is 2.52. The van der Waals surface area contributed by atoms with Crippen molar-refractivity contribution < 1.29 is 12.8 Å². The third-order valence-corrected chi connectivity index (χ3v) is 4.56. The van der Waals surface area contributed by atoms with Gasteiger partial charge in [-0.2, -0.15) is 0 Å². The molecule has 1 aliphatic heterocycles. The second-order valence-electron chi connectivity index (χ2n) is 4.20. The van der Waals surface area contributed by atoms with E-state index < -0.39 is 9.84 Å². The van der Waals surface area contributed by atoms with E-state index in [2.05, 4.69) is 5.32 Å². The summed E-state index contributed by atoms with van der Waals surface area (Å²) in [5.74, 6) is 0.0519. The van der Waals surface area contributed by atoms with E-state index in [-0.39, 0.29) is 23.4 Å². The quantitative estimate of drug-likeness (QED) is 0.860. The predicted octanol–water partition coefficient (Wildman–Crippen LogP) is 1.73. The summed E-state index contributed by atoms with van der Waals surface area (Å²) in [6, 6.07) is 4.39. The molecule has 1 atom stereocenters. The molecule has 1 saturated heterocycles. The average molecular weight is 243 g/mol. The van der Waals surface area contributed by atoms with Crippen molar-refractivity contribution in [3.05, 3.63) is 29.6 Å². The monoisotopic (exact) mass is 243 g/mol. The predicted molar refractivity (Wildman–Crippen MR) is 61.8 cm³/mol. The Kier molecular flexibility index (Phi) is 2.88. The highest BCUT2D eigenvalue weighted by Gasteiger charge is 2.27. The van der Waals surface area contributed by atoms with Gasteiger partial charge in [0.1, 0.15) is 5.82 Å². The van der Waals surface area contributed by atoms with E-state index in [4.69, 9.17) is 0 Å². The number of halogens is 1. The Morgan fingerprint density at radius 3 is 2.81 bits per heavy atom. The smallest absolute Gasteiger partial charge is 0.152 e. The van der Waals surface area contributed by atoms with Crippen molar-refractivity contribution in [2.45, 2.75) is 19.4 Å². The molecule has 1 N–H and O–H groups in total. The van der Waals surface area contributed by atoms with Crippen molar-refractivity contribution in [1.29, 1.82) is 0 Å². The number of rotatable bonds is 2. The number of aryl methyl sites for hydroxylation is 1. The van der Waals surface area contributed by atoms with Crippen LogP contribution in [-0.4, -0.2) is 26.0 Å². The van der Waals surface area contributed by atoms with Crippen LogP contribution in [0.25, 0.3) is 0 Å².